The van der Waals surface area contributed by atoms with Crippen LogP contribution in [-0.2, 0) is 27.9 Å². The van der Waals surface area contributed by atoms with Gasteiger partial charge in [-0.1, -0.05) is 237 Å². The van der Waals surface area contributed by atoms with Gasteiger partial charge in [0.1, 0.15) is 19.3 Å². The topological polar surface area (TPSA) is 114 Å². The van der Waals surface area contributed by atoms with E-state index in [0.717, 1.165) is 51.4 Å². The van der Waals surface area contributed by atoms with Gasteiger partial charge in [-0.3, -0.25) is 14.2 Å². The zero-order chi connectivity index (χ0) is 52.2. The van der Waals surface area contributed by atoms with Gasteiger partial charge in [-0.2, -0.15) is 0 Å². The van der Waals surface area contributed by atoms with E-state index >= 15 is 0 Å². The number of phosphoric ester groups is 1. The van der Waals surface area contributed by atoms with Crippen LogP contribution in [-0.4, -0.2) is 69.4 Å². The summed E-state index contributed by atoms with van der Waals surface area (Å²) >= 11 is 0. The molecule has 1 amide bonds. The predicted molar refractivity (Wildman–Crippen MR) is 302 cm³/mol. The van der Waals surface area contributed by atoms with Crippen LogP contribution in [0, 0.1) is 0 Å². The first-order valence-corrected chi connectivity index (χ1v) is 31.4. The largest absolute Gasteiger partial charge is 0.756 e. The molecule has 0 bridgehead atoms. The standard InChI is InChI=1S/C61H115N2O7P/c1-7-10-13-16-19-22-25-27-28-29-30-31-32-33-34-36-39-42-45-48-51-54-61(65)70-59(52-49-46-43-40-37-24-21-18-15-12-9-3)58(57-69-71(66,67)68-56-55-63(4,5)6)62-60(64)53-50-47-44-41-38-35-26-23-20-17-14-11-8-2/h27-28,35,38,44,47,49,52,58-59H,7-26,29-34,36-37,39-43,45-46,48,50-51,53-57H2,1-6H3,(H-,62,64,66,67)/b28-27+,38-35-,47-44+,52-49-. The first kappa shape index (κ1) is 69.0. The Balaban J connectivity index is 5.24. The molecule has 10 heteroatoms. The molecule has 3 unspecified atom stereocenters. The molecule has 0 aliphatic heterocycles. The van der Waals surface area contributed by atoms with E-state index in [1.807, 2.05) is 39.4 Å². The fourth-order valence-corrected chi connectivity index (χ4v) is 9.29. The highest BCUT2D eigenvalue weighted by Crippen LogP contribution is 2.38. The van der Waals surface area contributed by atoms with E-state index in [2.05, 4.69) is 56.5 Å². The third kappa shape index (κ3) is 52.6. The Morgan fingerprint density at radius 3 is 1.31 bits per heavy atom. The van der Waals surface area contributed by atoms with Crippen molar-refractivity contribution in [3.63, 3.8) is 0 Å². The number of quaternary nitrogens is 1. The van der Waals surface area contributed by atoms with Gasteiger partial charge in [-0.25, -0.2) is 0 Å². The number of hydrogen-bond acceptors (Lipinski definition) is 7. The molecular formula is C61H115N2O7P. The van der Waals surface area contributed by atoms with Crippen LogP contribution < -0.4 is 10.2 Å². The number of likely N-dealkylation sites (N-methyl/N-ethyl adjacent to an activating group) is 1. The lowest BCUT2D eigenvalue weighted by Crippen LogP contribution is -2.47. The monoisotopic (exact) mass is 1020 g/mol. The fraction of sp³-hybridized carbons (Fsp3) is 0.836. The molecule has 0 heterocycles. The number of amides is 1. The van der Waals surface area contributed by atoms with Crippen molar-refractivity contribution in [2.24, 2.45) is 0 Å². The molecule has 0 spiro atoms. The Morgan fingerprint density at radius 1 is 0.493 bits per heavy atom. The molecule has 0 aromatic heterocycles. The predicted octanol–water partition coefficient (Wildman–Crippen LogP) is 17.5. The maximum absolute atomic E-state index is 13.4. The van der Waals surface area contributed by atoms with Gasteiger partial charge in [0.2, 0.25) is 5.91 Å². The Hall–Kier alpha value is -2.03. The molecule has 0 aliphatic carbocycles. The number of ether oxygens (including phenoxy) is 1. The molecule has 0 aromatic rings. The van der Waals surface area contributed by atoms with Crippen LogP contribution in [0.2, 0.25) is 0 Å². The van der Waals surface area contributed by atoms with Crippen molar-refractivity contribution in [2.45, 2.75) is 290 Å². The van der Waals surface area contributed by atoms with Gasteiger partial charge in [0.25, 0.3) is 7.82 Å². The van der Waals surface area contributed by atoms with Crippen molar-refractivity contribution in [1.29, 1.82) is 0 Å². The fourth-order valence-electron chi connectivity index (χ4n) is 8.57. The quantitative estimate of drug-likeness (QED) is 0.0212. The van der Waals surface area contributed by atoms with Gasteiger partial charge >= 0.3 is 5.97 Å². The molecule has 0 rings (SSSR count). The summed E-state index contributed by atoms with van der Waals surface area (Å²) in [7, 11) is 1.16. The highest BCUT2D eigenvalue weighted by molar-refractivity contribution is 7.45. The van der Waals surface area contributed by atoms with Crippen LogP contribution in [0.3, 0.4) is 0 Å². The highest BCUT2D eigenvalue weighted by atomic mass is 31.2. The van der Waals surface area contributed by atoms with E-state index in [0.29, 0.717) is 17.4 Å². The molecule has 0 saturated carbocycles. The second-order valence-electron chi connectivity index (χ2n) is 21.5. The SMILES string of the molecule is CCCCCCCC/C=C\C/C=C/CCC(=O)NC(COP(=O)([O-])OCC[N+](C)(C)C)C(/C=C\CCCCCCCCCCC)OC(=O)CCCCCCCCCCCCC/C=C/CCCCCCCC. The van der Waals surface area contributed by atoms with Gasteiger partial charge < -0.3 is 28.5 Å². The van der Waals surface area contributed by atoms with Gasteiger partial charge in [0.05, 0.1) is 33.8 Å². The Labute approximate surface area is 439 Å². The van der Waals surface area contributed by atoms with Crippen LogP contribution in [0.4, 0.5) is 0 Å². The second-order valence-corrected chi connectivity index (χ2v) is 22.9. The number of rotatable bonds is 54. The van der Waals surface area contributed by atoms with Gasteiger partial charge in [0, 0.05) is 12.8 Å². The van der Waals surface area contributed by atoms with E-state index in [-0.39, 0.29) is 31.3 Å². The Kier molecular flexibility index (Phi) is 50.0. The van der Waals surface area contributed by atoms with Crippen LogP contribution in [0.5, 0.6) is 0 Å². The number of allylic oxidation sites excluding steroid dienone is 7. The molecule has 0 aromatic carbocycles. The lowest BCUT2D eigenvalue weighted by atomic mass is 10.0. The summed E-state index contributed by atoms with van der Waals surface area (Å²) in [4.78, 5) is 39.8. The number of nitrogens with zero attached hydrogens (tertiary/aromatic N) is 1. The minimum absolute atomic E-state index is 0.0311. The minimum Gasteiger partial charge on any atom is -0.756 e. The molecule has 416 valence electrons. The molecule has 0 aliphatic rings. The molecule has 71 heavy (non-hydrogen) atoms. The van der Waals surface area contributed by atoms with E-state index in [1.54, 1.807) is 0 Å². The number of hydrogen-bond donors (Lipinski definition) is 1. The van der Waals surface area contributed by atoms with Crippen LogP contribution in [0.1, 0.15) is 278 Å². The normalized spacial score (nSPS) is 14.1. The maximum atomic E-state index is 13.4. The maximum Gasteiger partial charge on any atom is 0.306 e. The van der Waals surface area contributed by atoms with E-state index in [4.69, 9.17) is 13.8 Å². The summed E-state index contributed by atoms with van der Waals surface area (Å²) < 4.78 is 30.2. The Morgan fingerprint density at radius 2 is 0.873 bits per heavy atom. The van der Waals surface area contributed by atoms with Gasteiger partial charge in [-0.15, -0.1) is 0 Å². The summed E-state index contributed by atoms with van der Waals surface area (Å²) in [5.41, 5.74) is 0. The van der Waals surface area contributed by atoms with E-state index in [1.165, 1.54) is 186 Å². The molecule has 0 fully saturated rings. The lowest BCUT2D eigenvalue weighted by molar-refractivity contribution is -0.870. The molecule has 0 saturated heterocycles. The van der Waals surface area contributed by atoms with E-state index < -0.39 is 26.6 Å². The van der Waals surface area contributed by atoms with Gasteiger partial charge in [-0.05, 0) is 76.7 Å². The average Bonchev–Trinajstić information content (AvgIpc) is 3.33. The second kappa shape index (κ2) is 51.5. The smallest absolute Gasteiger partial charge is 0.306 e. The first-order valence-electron chi connectivity index (χ1n) is 29.9. The van der Waals surface area contributed by atoms with Crippen LogP contribution in [0.15, 0.2) is 48.6 Å². The molecule has 0 radical (unpaired) electrons. The van der Waals surface area contributed by atoms with Crippen molar-refractivity contribution in [3.8, 4) is 0 Å². The highest BCUT2D eigenvalue weighted by Gasteiger charge is 2.27. The first-order chi connectivity index (χ1) is 34.4. The number of esters is 1. The Bertz CT molecular complexity index is 1360. The number of carbonyl (C=O) groups is 2. The van der Waals surface area contributed by atoms with Crippen molar-refractivity contribution >= 4 is 19.7 Å². The van der Waals surface area contributed by atoms with Crippen molar-refractivity contribution in [1.82, 2.24) is 5.32 Å². The molecular weight excluding hydrogens is 904 g/mol. The molecule has 1 N–H and O–H groups in total. The van der Waals surface area contributed by atoms with Crippen LogP contribution in [0.25, 0.3) is 0 Å². The minimum atomic E-state index is -4.70. The molecule has 3 atom stereocenters. The summed E-state index contributed by atoms with van der Waals surface area (Å²) in [5, 5.41) is 2.98. The van der Waals surface area contributed by atoms with Crippen molar-refractivity contribution < 1.29 is 37.3 Å². The summed E-state index contributed by atoms with van der Waals surface area (Å²) in [6, 6.07) is -0.916. The number of nitrogens with one attached hydrogen (secondary N) is 1. The summed E-state index contributed by atoms with van der Waals surface area (Å²) in [6.45, 7) is 6.79. The third-order valence-electron chi connectivity index (χ3n) is 13.2. The van der Waals surface area contributed by atoms with Crippen molar-refractivity contribution in [2.75, 3.05) is 40.9 Å². The average molecular weight is 1020 g/mol. The summed E-state index contributed by atoms with van der Waals surface area (Å²) in [5.74, 6) is -0.615. The van der Waals surface area contributed by atoms with Gasteiger partial charge in [0.15, 0.2) is 0 Å². The summed E-state index contributed by atoms with van der Waals surface area (Å²) in [6.07, 6.45) is 62.4. The number of carbonyl (C=O) groups excluding carboxylic acids is 2. The lowest BCUT2D eigenvalue weighted by Gasteiger charge is -2.30. The number of unbranched alkanes of at least 4 members (excludes halogenated alkanes) is 32. The third-order valence-corrected chi connectivity index (χ3v) is 14.2. The zero-order valence-electron chi connectivity index (χ0n) is 47.4. The van der Waals surface area contributed by atoms with E-state index in [9.17, 15) is 19.0 Å². The van der Waals surface area contributed by atoms with Crippen molar-refractivity contribution in [3.05, 3.63) is 48.6 Å². The molecule has 9 nitrogen and oxygen atoms in total. The van der Waals surface area contributed by atoms with Crippen LogP contribution >= 0.6 is 7.82 Å². The number of phosphoric acid groups is 1. The zero-order valence-corrected chi connectivity index (χ0v) is 48.3.